The second-order valence-electron chi connectivity index (χ2n) is 6.07. The summed E-state index contributed by atoms with van der Waals surface area (Å²) in [6.07, 6.45) is 3.14. The zero-order valence-electron chi connectivity index (χ0n) is 14.9. The predicted octanol–water partition coefficient (Wildman–Crippen LogP) is 4.67. The molecule has 0 aliphatic heterocycles. The molecule has 0 saturated carbocycles. The molecule has 4 nitrogen and oxygen atoms in total. The van der Waals surface area contributed by atoms with Crippen LogP contribution in [-0.2, 0) is 17.8 Å². The lowest BCUT2D eigenvalue weighted by atomic mass is 10.1. The van der Waals surface area contributed by atoms with E-state index in [9.17, 15) is 14.7 Å². The Bertz CT molecular complexity index is 739. The van der Waals surface area contributed by atoms with E-state index in [2.05, 4.69) is 13.8 Å². The summed E-state index contributed by atoms with van der Waals surface area (Å²) in [6.45, 7) is 4.51. The molecule has 0 heterocycles. The lowest BCUT2D eigenvalue weighted by Gasteiger charge is -2.25. The molecule has 1 N–H and O–H groups in total. The van der Waals surface area contributed by atoms with Gasteiger partial charge in [0.2, 0.25) is 5.91 Å². The number of rotatable bonds is 8. The fourth-order valence-corrected chi connectivity index (χ4v) is 2.83. The summed E-state index contributed by atoms with van der Waals surface area (Å²) < 4.78 is 0. The van der Waals surface area contributed by atoms with Gasteiger partial charge in [0.15, 0.2) is 0 Å². The largest absolute Gasteiger partial charge is 0.478 e. The Hall–Kier alpha value is -2.62. The molecule has 2 aromatic carbocycles. The molecule has 4 heteroatoms. The third kappa shape index (κ3) is 4.92. The van der Waals surface area contributed by atoms with E-state index in [0.29, 0.717) is 13.0 Å². The van der Waals surface area contributed by atoms with Gasteiger partial charge in [-0.15, -0.1) is 0 Å². The van der Waals surface area contributed by atoms with E-state index in [1.54, 1.807) is 23.1 Å². The summed E-state index contributed by atoms with van der Waals surface area (Å²) in [5.41, 5.74) is 3.08. The summed E-state index contributed by atoms with van der Waals surface area (Å²) in [4.78, 5) is 25.8. The van der Waals surface area contributed by atoms with E-state index < -0.39 is 5.97 Å². The highest BCUT2D eigenvalue weighted by atomic mass is 16.4. The minimum Gasteiger partial charge on any atom is -0.478 e. The lowest BCUT2D eigenvalue weighted by molar-refractivity contribution is -0.118. The van der Waals surface area contributed by atoms with Crippen molar-refractivity contribution in [3.63, 3.8) is 0 Å². The number of para-hydroxylation sites is 1. The Morgan fingerprint density at radius 3 is 2.48 bits per heavy atom. The fourth-order valence-electron chi connectivity index (χ4n) is 2.83. The summed E-state index contributed by atoms with van der Waals surface area (Å²) in [5.74, 6) is -0.886. The molecular weight excluding hydrogens is 314 g/mol. The van der Waals surface area contributed by atoms with E-state index >= 15 is 0 Å². The molecular formula is C21H25NO3. The highest BCUT2D eigenvalue weighted by molar-refractivity contribution is 5.94. The Labute approximate surface area is 149 Å². The summed E-state index contributed by atoms with van der Waals surface area (Å²) in [6, 6.07) is 14.7. The monoisotopic (exact) mass is 339 g/mol. The van der Waals surface area contributed by atoms with Gasteiger partial charge in [-0.1, -0.05) is 50.6 Å². The van der Waals surface area contributed by atoms with Crippen molar-refractivity contribution in [1.82, 2.24) is 0 Å². The van der Waals surface area contributed by atoms with Crippen molar-refractivity contribution in [3.05, 3.63) is 65.2 Å². The van der Waals surface area contributed by atoms with Gasteiger partial charge in [0.05, 0.1) is 12.1 Å². The first kappa shape index (κ1) is 18.7. The molecule has 2 rings (SSSR count). The smallest absolute Gasteiger partial charge is 0.335 e. The van der Waals surface area contributed by atoms with Crippen LogP contribution in [0.2, 0.25) is 0 Å². The van der Waals surface area contributed by atoms with Gasteiger partial charge in [-0.2, -0.15) is 0 Å². The Kier molecular flexibility index (Phi) is 6.75. The molecule has 0 fully saturated rings. The molecule has 1 amide bonds. The third-order valence-corrected chi connectivity index (χ3v) is 4.22. The van der Waals surface area contributed by atoms with Crippen molar-refractivity contribution in [2.75, 3.05) is 4.90 Å². The highest BCUT2D eigenvalue weighted by Crippen LogP contribution is 2.24. The van der Waals surface area contributed by atoms with E-state index in [1.807, 2.05) is 30.3 Å². The fraction of sp³-hybridized carbons (Fsp3) is 0.333. The van der Waals surface area contributed by atoms with Crippen LogP contribution >= 0.6 is 0 Å². The Morgan fingerprint density at radius 1 is 1.04 bits per heavy atom. The standard InChI is InChI=1S/C21H25NO3/c1-3-5-13-20(23)22(19-12-7-6-10-17(19)4-2)15-16-9-8-11-18(14-16)21(24)25/h6-12,14H,3-5,13,15H2,1-2H3,(H,24,25). The maximum Gasteiger partial charge on any atom is 0.335 e. The van der Waals surface area contributed by atoms with Crippen molar-refractivity contribution in [2.45, 2.75) is 46.1 Å². The van der Waals surface area contributed by atoms with Gasteiger partial charge in [0.25, 0.3) is 0 Å². The van der Waals surface area contributed by atoms with Gasteiger partial charge >= 0.3 is 5.97 Å². The molecule has 0 aromatic heterocycles. The van der Waals surface area contributed by atoms with Crippen LogP contribution in [0.3, 0.4) is 0 Å². The molecule has 25 heavy (non-hydrogen) atoms. The molecule has 2 aromatic rings. The average Bonchev–Trinajstić information content (AvgIpc) is 2.64. The zero-order valence-corrected chi connectivity index (χ0v) is 14.9. The average molecular weight is 339 g/mol. The topological polar surface area (TPSA) is 57.6 Å². The second kappa shape index (κ2) is 9.02. The number of nitrogens with zero attached hydrogens (tertiary/aromatic N) is 1. The highest BCUT2D eigenvalue weighted by Gasteiger charge is 2.18. The van der Waals surface area contributed by atoms with Crippen LogP contribution in [-0.4, -0.2) is 17.0 Å². The summed E-state index contributed by atoms with van der Waals surface area (Å²) >= 11 is 0. The maximum absolute atomic E-state index is 12.8. The SMILES string of the molecule is CCCCC(=O)N(Cc1cccc(C(=O)O)c1)c1ccccc1CC. The first-order valence-electron chi connectivity index (χ1n) is 8.77. The van der Waals surface area contributed by atoms with Crippen LogP contribution < -0.4 is 4.90 Å². The minimum atomic E-state index is -0.959. The van der Waals surface area contributed by atoms with E-state index in [-0.39, 0.29) is 11.5 Å². The molecule has 0 saturated heterocycles. The van der Waals surface area contributed by atoms with Crippen molar-refractivity contribution in [3.8, 4) is 0 Å². The number of aromatic carboxylic acids is 1. The van der Waals surface area contributed by atoms with Crippen LogP contribution in [0.25, 0.3) is 0 Å². The number of benzene rings is 2. The predicted molar refractivity (Wildman–Crippen MR) is 99.9 cm³/mol. The lowest BCUT2D eigenvalue weighted by Crippen LogP contribution is -2.31. The van der Waals surface area contributed by atoms with Crippen molar-refractivity contribution < 1.29 is 14.7 Å². The van der Waals surface area contributed by atoms with E-state index in [1.165, 1.54) is 0 Å². The quantitative estimate of drug-likeness (QED) is 0.760. The number of amides is 1. The number of hydrogen-bond acceptors (Lipinski definition) is 2. The van der Waals surface area contributed by atoms with E-state index in [0.717, 1.165) is 36.1 Å². The Morgan fingerprint density at radius 2 is 1.80 bits per heavy atom. The molecule has 0 atom stereocenters. The summed E-state index contributed by atoms with van der Waals surface area (Å²) in [7, 11) is 0. The first-order chi connectivity index (χ1) is 12.1. The number of unbranched alkanes of at least 4 members (excludes halogenated alkanes) is 1. The van der Waals surface area contributed by atoms with Crippen LogP contribution in [0.1, 0.15) is 54.6 Å². The minimum absolute atomic E-state index is 0.0727. The van der Waals surface area contributed by atoms with E-state index in [4.69, 9.17) is 0 Å². The zero-order chi connectivity index (χ0) is 18.2. The van der Waals surface area contributed by atoms with Crippen molar-refractivity contribution in [1.29, 1.82) is 0 Å². The van der Waals surface area contributed by atoms with Crippen molar-refractivity contribution in [2.24, 2.45) is 0 Å². The van der Waals surface area contributed by atoms with Gasteiger partial charge < -0.3 is 10.0 Å². The van der Waals surface area contributed by atoms with Gasteiger partial charge in [-0.3, -0.25) is 4.79 Å². The number of carboxylic acids is 1. The third-order valence-electron chi connectivity index (χ3n) is 4.22. The molecule has 0 aliphatic rings. The normalized spacial score (nSPS) is 10.5. The van der Waals surface area contributed by atoms with Crippen LogP contribution in [0.4, 0.5) is 5.69 Å². The van der Waals surface area contributed by atoms with Crippen molar-refractivity contribution >= 4 is 17.6 Å². The molecule has 0 radical (unpaired) electrons. The molecule has 0 spiro atoms. The van der Waals surface area contributed by atoms with Crippen LogP contribution in [0.15, 0.2) is 48.5 Å². The Balaban J connectivity index is 2.36. The molecule has 0 aliphatic carbocycles. The van der Waals surface area contributed by atoms with Gasteiger partial charge in [-0.05, 0) is 42.2 Å². The maximum atomic E-state index is 12.8. The first-order valence-corrected chi connectivity index (χ1v) is 8.77. The summed E-state index contributed by atoms with van der Waals surface area (Å²) in [5, 5.41) is 9.19. The number of hydrogen-bond donors (Lipinski definition) is 1. The number of anilines is 1. The molecule has 132 valence electrons. The number of carboxylic acid groups (broad SMARTS) is 1. The second-order valence-corrected chi connectivity index (χ2v) is 6.07. The van der Waals surface area contributed by atoms with Crippen LogP contribution in [0.5, 0.6) is 0 Å². The number of carbonyl (C=O) groups excluding carboxylic acids is 1. The van der Waals surface area contributed by atoms with Gasteiger partial charge in [0.1, 0.15) is 0 Å². The van der Waals surface area contributed by atoms with Crippen LogP contribution in [0, 0.1) is 0 Å². The van der Waals surface area contributed by atoms with Gasteiger partial charge in [-0.25, -0.2) is 4.79 Å². The number of carbonyl (C=O) groups is 2. The number of aryl methyl sites for hydroxylation is 1. The molecule has 0 unspecified atom stereocenters. The molecule has 0 bridgehead atoms. The van der Waals surface area contributed by atoms with Gasteiger partial charge in [0, 0.05) is 12.1 Å².